The summed E-state index contributed by atoms with van der Waals surface area (Å²) < 4.78 is 18.3. The molecule has 1 aromatic heterocycles. The summed E-state index contributed by atoms with van der Waals surface area (Å²) in [6, 6.07) is 14.7. The van der Waals surface area contributed by atoms with E-state index in [0.29, 0.717) is 41.0 Å². The maximum Gasteiger partial charge on any atom is 0.337 e. The van der Waals surface area contributed by atoms with Gasteiger partial charge in [-0.15, -0.1) is 0 Å². The lowest BCUT2D eigenvalue weighted by atomic mass is 10.1. The van der Waals surface area contributed by atoms with E-state index in [1.807, 2.05) is 0 Å². The standard InChI is InChI=1S/C22H20FN3O3/c1-29-22(28)16-6-8-18(9-7-16)26-21(27)17-12-19(14-24-13-17)25-11-10-15-4-2-3-5-20(15)23/h2-9,12-14,25H,10-11H2,1H3,(H,26,27). The quantitative estimate of drug-likeness (QED) is 0.595. The van der Waals surface area contributed by atoms with Crippen LogP contribution in [-0.4, -0.2) is 30.5 Å². The Balaban J connectivity index is 1.59. The number of carbonyl (C=O) groups is 2. The van der Waals surface area contributed by atoms with E-state index in [1.165, 1.54) is 19.4 Å². The predicted molar refractivity (Wildman–Crippen MR) is 109 cm³/mol. The van der Waals surface area contributed by atoms with Crippen molar-refractivity contribution in [2.75, 3.05) is 24.3 Å². The number of anilines is 2. The van der Waals surface area contributed by atoms with Crippen molar-refractivity contribution in [1.82, 2.24) is 4.98 Å². The molecule has 6 nitrogen and oxygen atoms in total. The summed E-state index contributed by atoms with van der Waals surface area (Å²) in [5.74, 6) is -1.01. The Bertz CT molecular complexity index is 1010. The SMILES string of the molecule is COC(=O)c1ccc(NC(=O)c2cncc(NCCc3ccccc3F)c2)cc1. The lowest BCUT2D eigenvalue weighted by molar-refractivity contribution is 0.0600. The maximum atomic E-state index is 13.7. The molecule has 2 N–H and O–H groups in total. The first-order valence-corrected chi connectivity index (χ1v) is 8.99. The van der Waals surface area contributed by atoms with Gasteiger partial charge < -0.3 is 15.4 Å². The number of halogens is 1. The van der Waals surface area contributed by atoms with Crippen molar-refractivity contribution in [1.29, 1.82) is 0 Å². The smallest absolute Gasteiger partial charge is 0.337 e. The number of amides is 1. The minimum atomic E-state index is -0.443. The predicted octanol–water partition coefficient (Wildman–Crippen LogP) is 3.91. The van der Waals surface area contributed by atoms with Crippen LogP contribution in [0.2, 0.25) is 0 Å². The molecule has 0 spiro atoms. The van der Waals surface area contributed by atoms with Crippen LogP contribution in [0.1, 0.15) is 26.3 Å². The molecule has 0 bridgehead atoms. The highest BCUT2D eigenvalue weighted by Crippen LogP contribution is 2.14. The van der Waals surface area contributed by atoms with Crippen molar-refractivity contribution >= 4 is 23.3 Å². The van der Waals surface area contributed by atoms with Gasteiger partial charge in [0.15, 0.2) is 0 Å². The Hall–Kier alpha value is -3.74. The van der Waals surface area contributed by atoms with Gasteiger partial charge in [0.25, 0.3) is 5.91 Å². The molecule has 0 atom stereocenters. The first kappa shape index (κ1) is 20.0. The average molecular weight is 393 g/mol. The molecule has 1 amide bonds. The molecule has 3 aromatic rings. The number of ether oxygens (including phenoxy) is 1. The van der Waals surface area contributed by atoms with E-state index in [1.54, 1.807) is 54.7 Å². The number of hydrogen-bond donors (Lipinski definition) is 2. The summed E-state index contributed by atoms with van der Waals surface area (Å²) in [5.41, 5.74) is 2.60. The number of pyridine rings is 1. The number of nitrogens with one attached hydrogen (secondary N) is 2. The van der Waals surface area contributed by atoms with Crippen LogP contribution >= 0.6 is 0 Å². The molecule has 0 saturated heterocycles. The molecule has 29 heavy (non-hydrogen) atoms. The van der Waals surface area contributed by atoms with Crippen LogP contribution in [0.5, 0.6) is 0 Å². The lowest BCUT2D eigenvalue weighted by Crippen LogP contribution is -2.13. The fraction of sp³-hybridized carbons (Fsp3) is 0.136. The highest BCUT2D eigenvalue weighted by atomic mass is 19.1. The third kappa shape index (κ3) is 5.38. The van der Waals surface area contributed by atoms with Gasteiger partial charge in [0.1, 0.15) is 5.82 Å². The van der Waals surface area contributed by atoms with Gasteiger partial charge in [-0.3, -0.25) is 9.78 Å². The Labute approximate surface area is 167 Å². The molecule has 1 heterocycles. The van der Waals surface area contributed by atoms with E-state index >= 15 is 0 Å². The molecule has 0 aliphatic heterocycles. The summed E-state index contributed by atoms with van der Waals surface area (Å²) in [6.45, 7) is 0.503. The van der Waals surface area contributed by atoms with E-state index in [4.69, 9.17) is 0 Å². The van der Waals surface area contributed by atoms with Gasteiger partial charge in [0.2, 0.25) is 0 Å². The van der Waals surface area contributed by atoms with Crippen molar-refractivity contribution in [3.8, 4) is 0 Å². The number of aromatic nitrogens is 1. The van der Waals surface area contributed by atoms with Crippen LogP contribution in [-0.2, 0) is 11.2 Å². The molecular formula is C22H20FN3O3. The average Bonchev–Trinajstić information content (AvgIpc) is 2.75. The highest BCUT2D eigenvalue weighted by Gasteiger charge is 2.09. The Morgan fingerprint density at radius 1 is 1.00 bits per heavy atom. The normalized spacial score (nSPS) is 10.3. The van der Waals surface area contributed by atoms with Gasteiger partial charge in [-0.2, -0.15) is 0 Å². The van der Waals surface area contributed by atoms with Gasteiger partial charge in [-0.1, -0.05) is 18.2 Å². The lowest BCUT2D eigenvalue weighted by Gasteiger charge is -2.09. The maximum absolute atomic E-state index is 13.7. The topological polar surface area (TPSA) is 80.3 Å². The molecule has 0 unspecified atom stereocenters. The molecule has 7 heteroatoms. The van der Waals surface area contributed by atoms with Crippen LogP contribution < -0.4 is 10.6 Å². The molecule has 0 aliphatic carbocycles. The zero-order valence-electron chi connectivity index (χ0n) is 15.8. The fourth-order valence-corrected chi connectivity index (χ4v) is 2.71. The van der Waals surface area contributed by atoms with Crippen molar-refractivity contribution in [3.63, 3.8) is 0 Å². The highest BCUT2D eigenvalue weighted by molar-refractivity contribution is 6.04. The Kier molecular flexibility index (Phi) is 6.52. The van der Waals surface area contributed by atoms with Crippen molar-refractivity contribution in [2.45, 2.75) is 6.42 Å². The second-order valence-corrected chi connectivity index (χ2v) is 6.25. The first-order chi connectivity index (χ1) is 14.1. The molecule has 3 rings (SSSR count). The number of nitrogens with zero attached hydrogens (tertiary/aromatic N) is 1. The summed E-state index contributed by atoms with van der Waals surface area (Å²) in [5, 5.41) is 5.90. The summed E-state index contributed by atoms with van der Waals surface area (Å²) in [4.78, 5) is 28.0. The van der Waals surface area contributed by atoms with Gasteiger partial charge in [0.05, 0.1) is 23.9 Å². The Morgan fingerprint density at radius 2 is 1.76 bits per heavy atom. The van der Waals surface area contributed by atoms with Gasteiger partial charge in [-0.25, -0.2) is 9.18 Å². The van der Waals surface area contributed by atoms with E-state index < -0.39 is 5.97 Å². The number of carbonyl (C=O) groups excluding carboxylic acids is 2. The van der Waals surface area contributed by atoms with Gasteiger partial charge in [-0.05, 0) is 48.4 Å². The molecule has 0 radical (unpaired) electrons. The second-order valence-electron chi connectivity index (χ2n) is 6.25. The largest absolute Gasteiger partial charge is 0.465 e. The Morgan fingerprint density at radius 3 is 2.48 bits per heavy atom. The molecule has 0 saturated carbocycles. The number of esters is 1. The van der Waals surface area contributed by atoms with Crippen LogP contribution in [0, 0.1) is 5.82 Å². The van der Waals surface area contributed by atoms with Crippen LogP contribution in [0.3, 0.4) is 0 Å². The van der Waals surface area contributed by atoms with E-state index in [9.17, 15) is 14.0 Å². The molecule has 0 aliphatic rings. The summed E-state index contributed by atoms with van der Waals surface area (Å²) in [7, 11) is 1.31. The molecule has 2 aromatic carbocycles. The van der Waals surface area contributed by atoms with Gasteiger partial charge in [0, 0.05) is 24.6 Å². The number of rotatable bonds is 7. The van der Waals surface area contributed by atoms with E-state index in [-0.39, 0.29) is 11.7 Å². The first-order valence-electron chi connectivity index (χ1n) is 8.99. The van der Waals surface area contributed by atoms with Crippen molar-refractivity contribution in [3.05, 3.63) is 89.5 Å². The van der Waals surface area contributed by atoms with Gasteiger partial charge >= 0.3 is 5.97 Å². The zero-order chi connectivity index (χ0) is 20.6. The van der Waals surface area contributed by atoms with E-state index in [2.05, 4.69) is 20.4 Å². The molecule has 0 fully saturated rings. The number of methoxy groups -OCH3 is 1. The monoisotopic (exact) mass is 393 g/mol. The van der Waals surface area contributed by atoms with Crippen LogP contribution in [0.15, 0.2) is 67.0 Å². The number of benzene rings is 2. The molecular weight excluding hydrogens is 373 g/mol. The number of hydrogen-bond acceptors (Lipinski definition) is 5. The second kappa shape index (κ2) is 9.45. The minimum Gasteiger partial charge on any atom is -0.465 e. The summed E-state index contributed by atoms with van der Waals surface area (Å²) in [6.07, 6.45) is 3.57. The van der Waals surface area contributed by atoms with Crippen molar-refractivity contribution in [2.24, 2.45) is 0 Å². The van der Waals surface area contributed by atoms with E-state index in [0.717, 1.165) is 0 Å². The third-order valence-electron chi connectivity index (χ3n) is 4.25. The van der Waals surface area contributed by atoms with Crippen LogP contribution in [0.4, 0.5) is 15.8 Å². The molecule has 148 valence electrons. The third-order valence-corrected chi connectivity index (χ3v) is 4.25. The minimum absolute atomic E-state index is 0.237. The zero-order valence-corrected chi connectivity index (χ0v) is 15.8. The van der Waals surface area contributed by atoms with Crippen molar-refractivity contribution < 1.29 is 18.7 Å². The van der Waals surface area contributed by atoms with Crippen LogP contribution in [0.25, 0.3) is 0 Å². The summed E-state index contributed by atoms with van der Waals surface area (Å²) >= 11 is 0. The fourth-order valence-electron chi connectivity index (χ4n) is 2.71.